The fourth-order valence-electron chi connectivity index (χ4n) is 1.25. The summed E-state index contributed by atoms with van der Waals surface area (Å²) in [6.45, 7) is 3.82. The van der Waals surface area contributed by atoms with E-state index >= 15 is 0 Å². The normalized spacial score (nSPS) is 20.8. The van der Waals surface area contributed by atoms with Crippen molar-refractivity contribution in [3.63, 3.8) is 0 Å². The molecule has 4 nitrogen and oxygen atoms in total. The lowest BCUT2D eigenvalue weighted by molar-refractivity contribution is -0.126. The summed E-state index contributed by atoms with van der Waals surface area (Å²) in [5, 5.41) is 2.20. The van der Waals surface area contributed by atoms with Gasteiger partial charge in [-0.1, -0.05) is 13.8 Å². The van der Waals surface area contributed by atoms with E-state index in [1.54, 1.807) is 0 Å². The van der Waals surface area contributed by atoms with Crippen molar-refractivity contribution in [1.82, 2.24) is 5.32 Å². The van der Waals surface area contributed by atoms with E-state index in [4.69, 9.17) is 0 Å². The van der Waals surface area contributed by atoms with Crippen molar-refractivity contribution in [1.29, 1.82) is 0 Å². The molecule has 4 heteroatoms. The number of carbonyl (C=O) groups is 2. The fourth-order valence-corrected chi connectivity index (χ4v) is 1.25. The number of carbonyl (C=O) groups excluding carboxylic acids is 2. The van der Waals surface area contributed by atoms with Gasteiger partial charge in [0.15, 0.2) is 0 Å². The van der Waals surface area contributed by atoms with Gasteiger partial charge >= 0.3 is 6.03 Å². The topological polar surface area (TPSA) is 58.5 Å². The van der Waals surface area contributed by atoms with Crippen LogP contribution in [0, 0.1) is 5.41 Å². The number of aliphatic imine (C=N–C) groups is 1. The predicted octanol–water partition coefficient (Wildman–Crippen LogP) is 1.11. The van der Waals surface area contributed by atoms with Crippen LogP contribution >= 0.6 is 0 Å². The highest BCUT2D eigenvalue weighted by Crippen LogP contribution is 2.25. The lowest BCUT2D eigenvalue weighted by Gasteiger charge is -2.27. The van der Waals surface area contributed by atoms with Crippen molar-refractivity contribution in [3.05, 3.63) is 0 Å². The van der Waals surface area contributed by atoms with Crippen molar-refractivity contribution in [2.24, 2.45) is 10.4 Å². The van der Waals surface area contributed by atoms with Gasteiger partial charge in [0.05, 0.1) is 5.41 Å². The maximum Gasteiger partial charge on any atom is 0.347 e. The third-order valence-corrected chi connectivity index (χ3v) is 2.36. The van der Waals surface area contributed by atoms with Crippen LogP contribution in [-0.2, 0) is 4.79 Å². The number of hydrogen-bond acceptors (Lipinski definition) is 2. The molecule has 0 aliphatic carbocycles. The van der Waals surface area contributed by atoms with E-state index in [0.717, 1.165) is 0 Å². The van der Waals surface area contributed by atoms with Crippen LogP contribution in [0.5, 0.6) is 0 Å². The van der Waals surface area contributed by atoms with Gasteiger partial charge in [-0.15, -0.1) is 0 Å². The minimum atomic E-state index is -0.562. The molecule has 0 unspecified atom stereocenters. The lowest BCUT2D eigenvalue weighted by Crippen LogP contribution is -2.47. The van der Waals surface area contributed by atoms with Gasteiger partial charge in [-0.2, -0.15) is 0 Å². The van der Waals surface area contributed by atoms with Crippen molar-refractivity contribution >= 4 is 18.2 Å². The third-order valence-electron chi connectivity index (χ3n) is 2.36. The van der Waals surface area contributed by atoms with Gasteiger partial charge in [-0.3, -0.25) is 10.1 Å². The number of urea groups is 1. The van der Waals surface area contributed by atoms with Crippen LogP contribution in [0.25, 0.3) is 0 Å². The van der Waals surface area contributed by atoms with Crippen molar-refractivity contribution in [3.8, 4) is 0 Å². The molecule has 66 valence electrons. The van der Waals surface area contributed by atoms with Gasteiger partial charge in [-0.25, -0.2) is 9.79 Å². The third kappa shape index (κ3) is 1.24. The Hall–Kier alpha value is -1.19. The number of rotatable bonds is 2. The second-order valence-corrected chi connectivity index (χ2v) is 2.88. The van der Waals surface area contributed by atoms with Gasteiger partial charge < -0.3 is 0 Å². The van der Waals surface area contributed by atoms with E-state index in [0.29, 0.717) is 12.8 Å². The van der Waals surface area contributed by atoms with E-state index in [-0.39, 0.29) is 5.91 Å². The maximum atomic E-state index is 11.4. The quantitative estimate of drug-likeness (QED) is 0.671. The summed E-state index contributed by atoms with van der Waals surface area (Å²) in [5.41, 5.74) is -0.562. The molecule has 0 radical (unpaired) electrons. The summed E-state index contributed by atoms with van der Waals surface area (Å²) in [4.78, 5) is 25.6. The molecule has 1 rings (SSSR count). The van der Waals surface area contributed by atoms with Crippen molar-refractivity contribution in [2.45, 2.75) is 26.7 Å². The summed E-state index contributed by atoms with van der Waals surface area (Å²) >= 11 is 0. The minimum Gasteiger partial charge on any atom is -0.275 e. The second kappa shape index (κ2) is 3.05. The van der Waals surface area contributed by atoms with Crippen LogP contribution in [0.4, 0.5) is 4.79 Å². The summed E-state index contributed by atoms with van der Waals surface area (Å²) in [6, 6.07) is -0.558. The standard InChI is InChI=1S/C8H12N2O2/c1-3-8(4-2)5-9-7(12)10-6(8)11/h5H,3-4H2,1-2H3,(H,10,11,12). The molecule has 0 saturated carbocycles. The van der Waals surface area contributed by atoms with Crippen LogP contribution in [0.15, 0.2) is 4.99 Å². The zero-order valence-corrected chi connectivity index (χ0v) is 7.26. The molecule has 1 aliphatic rings. The molecule has 0 spiro atoms. The van der Waals surface area contributed by atoms with E-state index in [9.17, 15) is 9.59 Å². The van der Waals surface area contributed by atoms with E-state index in [1.165, 1.54) is 6.21 Å². The Kier molecular flexibility index (Phi) is 2.26. The van der Waals surface area contributed by atoms with Crippen LogP contribution in [0.2, 0.25) is 0 Å². The Balaban J connectivity index is 2.96. The van der Waals surface area contributed by atoms with Gasteiger partial charge in [0.1, 0.15) is 0 Å². The molecule has 3 amide bonds. The Bertz CT molecular complexity index is 241. The zero-order chi connectivity index (χ0) is 9.19. The van der Waals surface area contributed by atoms with E-state index < -0.39 is 11.4 Å². The largest absolute Gasteiger partial charge is 0.347 e. The van der Waals surface area contributed by atoms with Gasteiger partial charge in [0.25, 0.3) is 0 Å². The molecule has 1 heterocycles. The molecule has 0 aromatic heterocycles. The molecule has 0 atom stereocenters. The van der Waals surface area contributed by atoms with Crippen molar-refractivity contribution in [2.75, 3.05) is 0 Å². The predicted molar refractivity (Wildman–Crippen MR) is 45.0 cm³/mol. The molecule has 1 aliphatic heterocycles. The molecule has 0 bridgehead atoms. The summed E-state index contributed by atoms with van der Waals surface area (Å²) in [7, 11) is 0. The van der Waals surface area contributed by atoms with E-state index in [2.05, 4.69) is 10.3 Å². The first-order chi connectivity index (χ1) is 5.64. The number of nitrogens with zero attached hydrogens (tertiary/aromatic N) is 1. The minimum absolute atomic E-state index is 0.229. The maximum absolute atomic E-state index is 11.4. The van der Waals surface area contributed by atoms with Crippen molar-refractivity contribution < 1.29 is 9.59 Å². The molecule has 12 heavy (non-hydrogen) atoms. The number of imide groups is 1. The zero-order valence-electron chi connectivity index (χ0n) is 7.26. The Labute approximate surface area is 71.1 Å². The molecule has 1 N–H and O–H groups in total. The summed E-state index contributed by atoms with van der Waals surface area (Å²) < 4.78 is 0. The monoisotopic (exact) mass is 168 g/mol. The first kappa shape index (κ1) is 8.90. The molecular weight excluding hydrogens is 156 g/mol. The fraction of sp³-hybridized carbons (Fsp3) is 0.625. The van der Waals surface area contributed by atoms with Gasteiger partial charge in [0.2, 0.25) is 5.91 Å². The SMILES string of the molecule is CCC1(CC)C=NC(=O)NC1=O. The smallest absolute Gasteiger partial charge is 0.275 e. The molecule has 0 aromatic rings. The first-order valence-electron chi connectivity index (χ1n) is 4.05. The summed E-state index contributed by atoms with van der Waals surface area (Å²) in [5.74, 6) is -0.229. The van der Waals surface area contributed by atoms with Crippen LogP contribution in [-0.4, -0.2) is 18.2 Å². The van der Waals surface area contributed by atoms with Crippen LogP contribution in [0.1, 0.15) is 26.7 Å². The Morgan fingerprint density at radius 2 is 2.00 bits per heavy atom. The van der Waals surface area contributed by atoms with Crippen LogP contribution < -0.4 is 5.32 Å². The molecule has 0 fully saturated rings. The number of nitrogens with one attached hydrogen (secondary N) is 1. The highest BCUT2D eigenvalue weighted by atomic mass is 16.2. The van der Waals surface area contributed by atoms with E-state index in [1.807, 2.05) is 13.8 Å². The van der Waals surface area contributed by atoms with Gasteiger partial charge in [0, 0.05) is 6.21 Å². The van der Waals surface area contributed by atoms with Gasteiger partial charge in [-0.05, 0) is 12.8 Å². The highest BCUT2D eigenvalue weighted by molar-refractivity contribution is 6.12. The average molecular weight is 168 g/mol. The summed E-state index contributed by atoms with van der Waals surface area (Å²) in [6.07, 6.45) is 2.81. The average Bonchev–Trinajstić information content (AvgIpc) is 2.06. The Morgan fingerprint density at radius 3 is 2.42 bits per heavy atom. The lowest BCUT2D eigenvalue weighted by atomic mass is 9.82. The van der Waals surface area contributed by atoms with Crippen LogP contribution in [0.3, 0.4) is 0 Å². The molecule has 0 saturated heterocycles. The highest BCUT2D eigenvalue weighted by Gasteiger charge is 2.36. The number of hydrogen-bond donors (Lipinski definition) is 1. The molecular formula is C8H12N2O2. The number of amides is 3. The second-order valence-electron chi connectivity index (χ2n) is 2.88. The Morgan fingerprint density at radius 1 is 1.42 bits per heavy atom. The first-order valence-corrected chi connectivity index (χ1v) is 4.05. The molecule has 0 aromatic carbocycles.